The molecule has 170 valence electrons. The molecule has 31 heavy (non-hydrogen) atoms. The second-order valence-corrected chi connectivity index (χ2v) is 8.03. The van der Waals surface area contributed by atoms with Crippen molar-refractivity contribution in [1.29, 1.82) is 0 Å². The molecule has 0 bridgehead atoms. The molecule has 0 unspecified atom stereocenters. The highest BCUT2D eigenvalue weighted by atomic mass is 32.2. The normalized spacial score (nSPS) is 10.4. The second kappa shape index (κ2) is 11.7. The molecule has 0 saturated carbocycles. The van der Waals surface area contributed by atoms with Gasteiger partial charge in [0.2, 0.25) is 0 Å². The third-order valence-electron chi connectivity index (χ3n) is 4.14. The lowest BCUT2D eigenvalue weighted by Gasteiger charge is -2.08. The lowest BCUT2D eigenvalue weighted by molar-refractivity contribution is 0.415. The van der Waals surface area contributed by atoms with Crippen LogP contribution in [0, 0.1) is 6.92 Å². The van der Waals surface area contributed by atoms with E-state index in [0.29, 0.717) is 45.7 Å². The average Bonchev–Trinajstić information content (AvgIpc) is 2.75. The molecular weight excluding hydrogens is 440 g/mol. The van der Waals surface area contributed by atoms with E-state index in [1.807, 2.05) is 20.8 Å². The zero-order valence-electron chi connectivity index (χ0n) is 18.0. The van der Waals surface area contributed by atoms with Crippen LogP contribution in [0.15, 0.2) is 52.3 Å². The number of rotatable bonds is 4. The number of anilines is 2. The molecule has 0 aliphatic heterocycles. The number of hydrogen-bond acceptors (Lipinski definition) is 8. The number of methoxy groups -OCH3 is 2. The Hall–Kier alpha value is -2.66. The maximum Gasteiger partial charge on any atom is 0.294 e. The highest BCUT2D eigenvalue weighted by molar-refractivity contribution is 7.93. The fourth-order valence-corrected chi connectivity index (χ4v) is 3.50. The van der Waals surface area contributed by atoms with E-state index in [4.69, 9.17) is 30.0 Å². The van der Waals surface area contributed by atoms with Crippen molar-refractivity contribution in [2.75, 3.05) is 25.7 Å². The summed E-state index contributed by atoms with van der Waals surface area (Å²) in [6.45, 7) is 5.88. The average molecular weight is 469 g/mol. The van der Waals surface area contributed by atoms with Gasteiger partial charge in [0.25, 0.3) is 10.1 Å². The summed E-state index contributed by atoms with van der Waals surface area (Å²) in [4.78, 5) is 0.607. The van der Waals surface area contributed by atoms with E-state index in [0.717, 1.165) is 10.5 Å². The molecule has 6 N–H and O–H groups in total. The summed E-state index contributed by atoms with van der Waals surface area (Å²) in [5.41, 5.74) is 13.5. The first-order valence-corrected chi connectivity index (χ1v) is 11.4. The summed E-state index contributed by atoms with van der Waals surface area (Å²) in [6, 6.07) is 11.0. The zero-order valence-corrected chi connectivity index (χ0v) is 19.7. The van der Waals surface area contributed by atoms with Gasteiger partial charge in [-0.05, 0) is 48.2 Å². The van der Waals surface area contributed by atoms with E-state index in [2.05, 4.69) is 0 Å². The Morgan fingerprint density at radius 3 is 2.06 bits per heavy atom. The Labute approximate surface area is 187 Å². The summed E-state index contributed by atoms with van der Waals surface area (Å²) in [7, 11) is -1.14. The van der Waals surface area contributed by atoms with E-state index in [1.165, 1.54) is 25.3 Å². The smallest absolute Gasteiger partial charge is 0.294 e. The van der Waals surface area contributed by atoms with Gasteiger partial charge in [-0.15, -0.1) is 0 Å². The first kappa shape index (κ1) is 26.4. The van der Waals surface area contributed by atoms with Crippen LogP contribution in [0.3, 0.4) is 0 Å². The molecule has 0 aromatic heterocycles. The minimum absolute atomic E-state index is 0.158. The molecule has 3 aromatic carbocycles. The molecule has 0 heterocycles. The van der Waals surface area contributed by atoms with Gasteiger partial charge in [-0.1, -0.05) is 26.0 Å². The lowest BCUT2D eigenvalue weighted by atomic mass is 10.1. The van der Waals surface area contributed by atoms with Crippen LogP contribution in [0.4, 0.5) is 11.4 Å². The fourth-order valence-electron chi connectivity index (χ4n) is 2.62. The molecule has 0 aliphatic carbocycles. The van der Waals surface area contributed by atoms with Crippen LogP contribution in [-0.4, -0.2) is 31.7 Å². The van der Waals surface area contributed by atoms with Crippen molar-refractivity contribution in [2.45, 2.75) is 30.6 Å². The van der Waals surface area contributed by atoms with Crippen molar-refractivity contribution in [2.24, 2.45) is 0 Å². The van der Waals surface area contributed by atoms with Crippen LogP contribution in [0.1, 0.15) is 19.4 Å². The summed E-state index contributed by atoms with van der Waals surface area (Å²) in [6.07, 6.45) is 0. The van der Waals surface area contributed by atoms with E-state index < -0.39 is 10.1 Å². The van der Waals surface area contributed by atoms with Gasteiger partial charge >= 0.3 is 0 Å². The summed E-state index contributed by atoms with van der Waals surface area (Å²) >= 11 is 0.698. The van der Waals surface area contributed by atoms with Crippen LogP contribution in [0.5, 0.6) is 11.5 Å². The van der Waals surface area contributed by atoms with Crippen molar-refractivity contribution in [3.8, 4) is 11.5 Å². The number of aryl methyl sites for hydroxylation is 1. The number of benzene rings is 3. The van der Waals surface area contributed by atoms with Crippen LogP contribution >= 0.6 is 12.0 Å². The van der Waals surface area contributed by atoms with Gasteiger partial charge in [0.05, 0.1) is 30.5 Å². The van der Waals surface area contributed by atoms with Crippen molar-refractivity contribution in [3.05, 3.63) is 48.0 Å². The van der Waals surface area contributed by atoms with Crippen molar-refractivity contribution in [3.63, 3.8) is 0 Å². The van der Waals surface area contributed by atoms with Gasteiger partial charge in [-0.25, -0.2) is 0 Å². The topological polar surface area (TPSA) is 145 Å². The zero-order chi connectivity index (χ0) is 23.8. The molecule has 10 heteroatoms. The van der Waals surface area contributed by atoms with Gasteiger partial charge in [0.15, 0.2) is 0 Å². The molecule has 0 radical (unpaired) electrons. The molecule has 0 fully saturated rings. The predicted molar refractivity (Wildman–Crippen MR) is 127 cm³/mol. The van der Waals surface area contributed by atoms with Crippen LogP contribution < -0.4 is 20.9 Å². The molecule has 0 atom stereocenters. The lowest BCUT2D eigenvalue weighted by Crippen LogP contribution is -1.98. The minimum atomic E-state index is -4.19. The van der Waals surface area contributed by atoms with Gasteiger partial charge < -0.3 is 25.5 Å². The Bertz CT molecular complexity index is 1110. The Balaban J connectivity index is 0.000000303. The quantitative estimate of drug-likeness (QED) is 0.240. The summed E-state index contributed by atoms with van der Waals surface area (Å²) in [5, 5.41) is 1.30. The van der Waals surface area contributed by atoms with Crippen LogP contribution in [-0.2, 0) is 10.1 Å². The molecular formula is C21H28N2O6S2. The third kappa shape index (κ3) is 6.66. The maximum absolute atomic E-state index is 11.0. The highest BCUT2D eigenvalue weighted by Gasteiger charge is 2.12. The van der Waals surface area contributed by atoms with E-state index in [9.17, 15) is 8.42 Å². The molecule has 8 nitrogen and oxygen atoms in total. The van der Waals surface area contributed by atoms with Crippen LogP contribution in [0.2, 0.25) is 0 Å². The number of nitrogens with two attached hydrogens (primary N) is 2. The molecule has 0 spiro atoms. The van der Waals surface area contributed by atoms with Gasteiger partial charge in [0.1, 0.15) is 11.5 Å². The van der Waals surface area contributed by atoms with E-state index in [1.54, 1.807) is 31.4 Å². The Morgan fingerprint density at radius 2 is 1.55 bits per heavy atom. The summed E-state index contributed by atoms with van der Waals surface area (Å²) in [5.74, 6) is 1.12. The van der Waals surface area contributed by atoms with Gasteiger partial charge in [-0.3, -0.25) is 4.55 Å². The monoisotopic (exact) mass is 468 g/mol. The summed E-state index contributed by atoms with van der Waals surface area (Å²) < 4.78 is 49.8. The first-order valence-electron chi connectivity index (χ1n) is 9.21. The minimum Gasteiger partial charge on any atom is -0.495 e. The Morgan fingerprint density at radius 1 is 0.935 bits per heavy atom. The van der Waals surface area contributed by atoms with Crippen molar-refractivity contribution < 1.29 is 27.0 Å². The first-order chi connectivity index (χ1) is 14.6. The number of ether oxygens (including phenoxy) is 2. The number of hydrogen-bond donors (Lipinski definition) is 4. The SMILES string of the molecule is CC.COc1cc(SO)c(C)cc1N.COc1ccc2cc(S(=O)(=O)O)ccc2c1N. The molecule has 0 saturated heterocycles. The Kier molecular flexibility index (Phi) is 9.92. The van der Waals surface area contributed by atoms with Crippen molar-refractivity contribution >= 4 is 44.3 Å². The van der Waals surface area contributed by atoms with Crippen molar-refractivity contribution in [1.82, 2.24) is 0 Å². The standard InChI is InChI=1S/C11H11NO4S.C8H11NO2S.C2H6/c1-16-10-5-2-7-6-8(17(13,14)15)3-4-9(7)11(10)12;1-5-3-6(9)7(11-2)4-8(5)12-10;1-2/h2-6H,12H2,1H3,(H,13,14,15);3-4,10H,9H2,1-2H3;1-2H3. The van der Waals surface area contributed by atoms with Gasteiger partial charge in [-0.2, -0.15) is 8.42 Å². The fraction of sp³-hybridized carbons (Fsp3) is 0.238. The molecule has 0 amide bonds. The highest BCUT2D eigenvalue weighted by Crippen LogP contribution is 2.32. The van der Waals surface area contributed by atoms with E-state index in [-0.39, 0.29) is 4.90 Å². The second-order valence-electron chi connectivity index (χ2n) is 5.99. The van der Waals surface area contributed by atoms with E-state index >= 15 is 0 Å². The third-order valence-corrected chi connectivity index (χ3v) is 5.62. The van der Waals surface area contributed by atoms with Gasteiger partial charge in [0, 0.05) is 22.3 Å². The molecule has 0 aliphatic rings. The maximum atomic E-state index is 11.0. The largest absolute Gasteiger partial charge is 0.495 e. The molecule has 3 rings (SSSR count). The predicted octanol–water partition coefficient (Wildman–Crippen LogP) is 4.85. The van der Waals surface area contributed by atoms with Crippen LogP contribution in [0.25, 0.3) is 10.8 Å². The number of nitrogen functional groups attached to an aromatic ring is 2. The number of fused-ring (bicyclic) bond motifs is 1. The molecule has 3 aromatic rings.